The van der Waals surface area contributed by atoms with E-state index in [-0.39, 0.29) is 36.4 Å². The molecule has 1 aromatic rings. The Balaban J connectivity index is 0.00000312. The van der Waals surface area contributed by atoms with E-state index in [4.69, 9.17) is 0 Å². The summed E-state index contributed by atoms with van der Waals surface area (Å²) in [7, 11) is 0. The van der Waals surface area contributed by atoms with Gasteiger partial charge in [-0.05, 0) is 36.8 Å². The molecule has 0 radical (unpaired) electrons. The summed E-state index contributed by atoms with van der Waals surface area (Å²) in [4.78, 5) is 20.2. The molecule has 0 saturated heterocycles. The summed E-state index contributed by atoms with van der Waals surface area (Å²) >= 11 is 1.79. The first-order valence-corrected chi connectivity index (χ1v) is 9.97. The highest BCUT2D eigenvalue weighted by molar-refractivity contribution is 14.0. The van der Waals surface area contributed by atoms with Gasteiger partial charge >= 0.3 is 0 Å². The van der Waals surface area contributed by atoms with Crippen LogP contribution in [0, 0.1) is 0 Å². The molecular formula is C18H31IN4OS. The predicted octanol–water partition coefficient (Wildman–Crippen LogP) is 3.39. The summed E-state index contributed by atoms with van der Waals surface area (Å²) in [6.07, 6.45) is 5.85. The standard InChI is InChI=1S/C18H30N4OS.HI/c1-3-5-6-7-10-20-18(19-4-2)21-13-17(23)22-11-8-16-15(14-22)9-12-24-16;/h9,12H,3-8,10-11,13-14H2,1-2H3,(H2,19,20,21);1H. The average Bonchev–Trinajstić information content (AvgIpc) is 3.06. The van der Waals surface area contributed by atoms with Crippen LogP contribution >= 0.6 is 35.3 Å². The molecule has 7 heteroatoms. The van der Waals surface area contributed by atoms with Crippen molar-refractivity contribution < 1.29 is 4.79 Å². The summed E-state index contributed by atoms with van der Waals surface area (Å²) in [5.74, 6) is 0.852. The molecule has 1 aliphatic rings. The van der Waals surface area contributed by atoms with Gasteiger partial charge in [0.25, 0.3) is 0 Å². The van der Waals surface area contributed by atoms with Gasteiger partial charge in [0.1, 0.15) is 6.54 Å². The number of halogens is 1. The van der Waals surface area contributed by atoms with E-state index >= 15 is 0 Å². The van der Waals surface area contributed by atoms with Crippen molar-refractivity contribution in [2.45, 2.75) is 52.5 Å². The molecule has 142 valence electrons. The molecule has 0 aromatic carbocycles. The zero-order chi connectivity index (χ0) is 17.2. The number of nitrogens with zero attached hydrogens (tertiary/aromatic N) is 2. The first kappa shape index (κ1) is 22.2. The lowest BCUT2D eigenvalue weighted by atomic mass is 10.1. The van der Waals surface area contributed by atoms with Gasteiger partial charge in [0, 0.05) is 31.1 Å². The number of nitrogens with one attached hydrogen (secondary N) is 2. The van der Waals surface area contributed by atoms with Crippen LogP contribution < -0.4 is 10.6 Å². The van der Waals surface area contributed by atoms with Crippen LogP contribution in [-0.2, 0) is 17.8 Å². The third-order valence-corrected chi connectivity index (χ3v) is 5.22. The Hall–Kier alpha value is -0.830. The Kier molecular flexibility index (Phi) is 11.1. The second-order valence-corrected chi connectivity index (χ2v) is 7.12. The normalized spacial score (nSPS) is 13.8. The molecule has 0 atom stereocenters. The Labute approximate surface area is 172 Å². The first-order valence-electron chi connectivity index (χ1n) is 9.09. The lowest BCUT2D eigenvalue weighted by Gasteiger charge is -2.26. The topological polar surface area (TPSA) is 56.7 Å². The fourth-order valence-corrected chi connectivity index (χ4v) is 3.70. The lowest BCUT2D eigenvalue weighted by molar-refractivity contribution is -0.130. The van der Waals surface area contributed by atoms with E-state index in [2.05, 4.69) is 34.0 Å². The second kappa shape index (κ2) is 12.5. The van der Waals surface area contributed by atoms with Crippen LogP contribution in [-0.4, -0.2) is 42.9 Å². The summed E-state index contributed by atoms with van der Waals surface area (Å²) < 4.78 is 0. The van der Waals surface area contributed by atoms with Crippen LogP contribution in [0.2, 0.25) is 0 Å². The number of hydrogen-bond acceptors (Lipinski definition) is 3. The summed E-state index contributed by atoms with van der Waals surface area (Å²) in [6, 6.07) is 2.13. The lowest BCUT2D eigenvalue weighted by Crippen LogP contribution is -2.40. The quantitative estimate of drug-likeness (QED) is 0.261. The monoisotopic (exact) mass is 478 g/mol. The number of hydrogen-bond donors (Lipinski definition) is 2. The van der Waals surface area contributed by atoms with Gasteiger partial charge in [0.15, 0.2) is 5.96 Å². The van der Waals surface area contributed by atoms with Gasteiger partial charge in [0.05, 0.1) is 0 Å². The largest absolute Gasteiger partial charge is 0.357 e. The van der Waals surface area contributed by atoms with E-state index in [1.165, 1.54) is 29.7 Å². The van der Waals surface area contributed by atoms with Crippen LogP contribution in [0.4, 0.5) is 0 Å². The molecule has 2 N–H and O–H groups in total. The van der Waals surface area contributed by atoms with Crippen molar-refractivity contribution in [1.29, 1.82) is 0 Å². The first-order chi connectivity index (χ1) is 11.7. The maximum atomic E-state index is 12.4. The van der Waals surface area contributed by atoms with Crippen molar-refractivity contribution in [3.8, 4) is 0 Å². The van der Waals surface area contributed by atoms with E-state index in [1.807, 2.05) is 11.8 Å². The smallest absolute Gasteiger partial charge is 0.244 e. The van der Waals surface area contributed by atoms with Crippen molar-refractivity contribution >= 4 is 47.2 Å². The second-order valence-electron chi connectivity index (χ2n) is 6.12. The Bertz CT molecular complexity index is 547. The molecule has 2 rings (SSSR count). The van der Waals surface area contributed by atoms with Crippen LogP contribution in [0.5, 0.6) is 0 Å². The van der Waals surface area contributed by atoms with Crippen molar-refractivity contribution in [3.63, 3.8) is 0 Å². The number of guanidine groups is 1. The SMILES string of the molecule is CCCCCCNC(=NCC(=O)N1CCc2sccc2C1)NCC.I. The van der Waals surface area contributed by atoms with Crippen molar-refractivity contribution in [2.75, 3.05) is 26.2 Å². The number of thiophene rings is 1. The minimum Gasteiger partial charge on any atom is -0.357 e. The molecule has 0 unspecified atom stereocenters. The van der Waals surface area contributed by atoms with Gasteiger partial charge in [-0.1, -0.05) is 26.2 Å². The molecule has 2 heterocycles. The third-order valence-electron chi connectivity index (χ3n) is 4.20. The highest BCUT2D eigenvalue weighted by atomic mass is 127. The van der Waals surface area contributed by atoms with E-state index in [1.54, 1.807) is 11.3 Å². The summed E-state index contributed by atoms with van der Waals surface area (Å²) in [6.45, 7) is 7.71. The molecule has 0 bridgehead atoms. The molecule has 1 amide bonds. The number of rotatable bonds is 8. The third kappa shape index (κ3) is 7.52. The minimum atomic E-state index is 0. The maximum absolute atomic E-state index is 12.4. The van der Waals surface area contributed by atoms with E-state index in [0.29, 0.717) is 0 Å². The zero-order valence-electron chi connectivity index (χ0n) is 15.3. The Morgan fingerprint density at radius 2 is 2.12 bits per heavy atom. The molecule has 5 nitrogen and oxygen atoms in total. The number of carbonyl (C=O) groups excluding carboxylic acids is 1. The number of unbranched alkanes of at least 4 members (excludes halogenated alkanes) is 3. The highest BCUT2D eigenvalue weighted by Crippen LogP contribution is 2.23. The van der Waals surface area contributed by atoms with E-state index in [0.717, 1.165) is 45.0 Å². The molecule has 0 saturated carbocycles. The van der Waals surface area contributed by atoms with Crippen LogP contribution in [0.3, 0.4) is 0 Å². The molecule has 1 aliphatic heterocycles. The van der Waals surface area contributed by atoms with E-state index in [9.17, 15) is 4.79 Å². The van der Waals surface area contributed by atoms with Crippen LogP contribution in [0.15, 0.2) is 16.4 Å². The zero-order valence-corrected chi connectivity index (χ0v) is 18.5. The van der Waals surface area contributed by atoms with Crippen LogP contribution in [0.25, 0.3) is 0 Å². The highest BCUT2D eigenvalue weighted by Gasteiger charge is 2.21. The Morgan fingerprint density at radius 3 is 2.88 bits per heavy atom. The van der Waals surface area contributed by atoms with Gasteiger partial charge in [-0.15, -0.1) is 35.3 Å². The van der Waals surface area contributed by atoms with Gasteiger partial charge < -0.3 is 15.5 Å². The molecular weight excluding hydrogens is 447 g/mol. The summed E-state index contributed by atoms with van der Waals surface area (Å²) in [5.41, 5.74) is 1.30. The fraction of sp³-hybridized carbons (Fsp3) is 0.667. The molecule has 0 fully saturated rings. The maximum Gasteiger partial charge on any atom is 0.244 e. The van der Waals surface area contributed by atoms with Crippen molar-refractivity contribution in [1.82, 2.24) is 15.5 Å². The number of carbonyl (C=O) groups is 1. The predicted molar refractivity (Wildman–Crippen MR) is 117 cm³/mol. The summed E-state index contributed by atoms with van der Waals surface area (Å²) in [5, 5.41) is 8.65. The van der Waals surface area contributed by atoms with Crippen molar-refractivity contribution in [2.24, 2.45) is 4.99 Å². The average molecular weight is 478 g/mol. The molecule has 1 aromatic heterocycles. The molecule has 0 aliphatic carbocycles. The fourth-order valence-electron chi connectivity index (χ4n) is 2.81. The molecule has 25 heavy (non-hydrogen) atoms. The van der Waals surface area contributed by atoms with Crippen LogP contribution in [0.1, 0.15) is 50.0 Å². The number of fused-ring (bicyclic) bond motifs is 1. The van der Waals surface area contributed by atoms with Crippen molar-refractivity contribution in [3.05, 3.63) is 21.9 Å². The Morgan fingerprint density at radius 1 is 1.28 bits per heavy atom. The minimum absolute atomic E-state index is 0. The van der Waals surface area contributed by atoms with Gasteiger partial charge in [-0.3, -0.25) is 4.79 Å². The van der Waals surface area contributed by atoms with E-state index < -0.39 is 0 Å². The number of amides is 1. The molecule has 0 spiro atoms. The number of aliphatic imine (C=N–C) groups is 1. The van der Waals surface area contributed by atoms with Gasteiger partial charge in [0.2, 0.25) is 5.91 Å². The van der Waals surface area contributed by atoms with Gasteiger partial charge in [-0.2, -0.15) is 0 Å². The van der Waals surface area contributed by atoms with Gasteiger partial charge in [-0.25, -0.2) is 4.99 Å².